The molecule has 0 radical (unpaired) electrons. The summed E-state index contributed by atoms with van der Waals surface area (Å²) >= 11 is -4.80. The van der Waals surface area contributed by atoms with Gasteiger partial charge in [0, 0.05) is 0 Å². The molecule has 2 aromatic rings. The zero-order chi connectivity index (χ0) is 30.0. The SMILES string of the molecule is CCC(C)(C)CNc1ccc(F)[c]([Ti]([c]2c(F)ccc(NCC(C)(C)CC)c2F)([CH]2C=CC=C2)[CH]2C=CC=C2)c1F. The summed E-state index contributed by atoms with van der Waals surface area (Å²) < 4.78 is 64.6. The molecule has 2 N–H and O–H groups in total. The first kappa shape index (κ1) is 31.4. The second kappa shape index (κ2) is 12.3. The van der Waals surface area contributed by atoms with Gasteiger partial charge in [-0.05, 0) is 0 Å². The summed E-state index contributed by atoms with van der Waals surface area (Å²) in [6.07, 6.45) is 16.3. The van der Waals surface area contributed by atoms with E-state index < -0.39 is 48.3 Å². The molecule has 0 spiro atoms. The molecule has 2 aliphatic carbocycles. The first-order valence-corrected chi connectivity index (χ1v) is 17.9. The van der Waals surface area contributed by atoms with Gasteiger partial charge in [-0.25, -0.2) is 0 Å². The van der Waals surface area contributed by atoms with Gasteiger partial charge in [-0.2, -0.15) is 0 Å². The van der Waals surface area contributed by atoms with Crippen molar-refractivity contribution in [1.82, 2.24) is 0 Å². The molecular weight excluding hydrogens is 560 g/mol. The van der Waals surface area contributed by atoms with Crippen molar-refractivity contribution >= 4 is 19.1 Å². The molecule has 2 aliphatic rings. The summed E-state index contributed by atoms with van der Waals surface area (Å²) in [7, 11) is 0. The molecule has 0 bridgehead atoms. The second-order valence-corrected chi connectivity index (χ2v) is 19.1. The van der Waals surface area contributed by atoms with E-state index in [0.29, 0.717) is 13.1 Å². The van der Waals surface area contributed by atoms with E-state index in [2.05, 4.69) is 52.2 Å². The maximum atomic E-state index is 16.8. The van der Waals surface area contributed by atoms with Crippen molar-refractivity contribution in [3.05, 3.63) is 96.1 Å². The van der Waals surface area contributed by atoms with Gasteiger partial charge in [-0.15, -0.1) is 0 Å². The molecule has 0 saturated carbocycles. The van der Waals surface area contributed by atoms with Crippen LogP contribution in [0.25, 0.3) is 0 Å². The van der Waals surface area contributed by atoms with E-state index in [1.54, 1.807) is 24.3 Å². The molecule has 4 rings (SSSR count). The summed E-state index contributed by atoms with van der Waals surface area (Å²) in [6, 6.07) is 5.27. The zero-order valence-electron chi connectivity index (χ0n) is 24.9. The van der Waals surface area contributed by atoms with Crippen LogP contribution in [0.15, 0.2) is 72.9 Å². The van der Waals surface area contributed by atoms with Crippen LogP contribution in [0.1, 0.15) is 54.4 Å². The monoisotopic (exact) mass is 602 g/mol. The quantitative estimate of drug-likeness (QED) is 0.187. The fourth-order valence-corrected chi connectivity index (χ4v) is 14.3. The Hall–Kier alpha value is -2.57. The molecule has 0 unspecified atom stereocenters. The van der Waals surface area contributed by atoms with E-state index in [-0.39, 0.29) is 29.9 Å². The van der Waals surface area contributed by atoms with Gasteiger partial charge < -0.3 is 0 Å². The molecule has 0 aliphatic heterocycles. The van der Waals surface area contributed by atoms with Crippen LogP contribution >= 0.6 is 0 Å². The van der Waals surface area contributed by atoms with E-state index in [0.717, 1.165) is 12.8 Å². The van der Waals surface area contributed by atoms with Crippen molar-refractivity contribution < 1.29 is 34.2 Å². The molecule has 41 heavy (non-hydrogen) atoms. The van der Waals surface area contributed by atoms with Crippen molar-refractivity contribution in [2.45, 2.75) is 62.8 Å². The summed E-state index contributed by atoms with van der Waals surface area (Å²) in [5, 5.41) is 6.35. The summed E-state index contributed by atoms with van der Waals surface area (Å²) in [5.41, 5.74) is 0.0413. The first-order valence-electron chi connectivity index (χ1n) is 14.5. The van der Waals surface area contributed by atoms with Gasteiger partial charge >= 0.3 is 247 Å². The molecule has 0 heterocycles. The molecule has 0 aromatic heterocycles. The van der Waals surface area contributed by atoms with Crippen molar-refractivity contribution in [2.24, 2.45) is 10.8 Å². The Morgan fingerprint density at radius 1 is 0.610 bits per heavy atom. The molecule has 0 amide bonds. The fourth-order valence-electron chi connectivity index (χ4n) is 5.54. The number of anilines is 2. The van der Waals surface area contributed by atoms with Crippen molar-refractivity contribution in [2.75, 3.05) is 23.7 Å². The van der Waals surface area contributed by atoms with Crippen LogP contribution in [-0.4, -0.2) is 13.1 Å². The van der Waals surface area contributed by atoms with Crippen molar-refractivity contribution in [3.8, 4) is 0 Å². The molecule has 2 nitrogen and oxygen atoms in total. The van der Waals surface area contributed by atoms with Crippen molar-refractivity contribution in [1.29, 1.82) is 0 Å². The van der Waals surface area contributed by atoms with Gasteiger partial charge in [0.05, 0.1) is 0 Å². The van der Waals surface area contributed by atoms with Gasteiger partial charge in [0.1, 0.15) is 0 Å². The van der Waals surface area contributed by atoms with E-state index in [4.69, 9.17) is 0 Å². The number of allylic oxidation sites excluding steroid dienone is 8. The maximum absolute atomic E-state index is 16.8. The second-order valence-electron chi connectivity index (χ2n) is 12.8. The minimum atomic E-state index is -4.80. The Morgan fingerprint density at radius 2 is 0.951 bits per heavy atom. The van der Waals surface area contributed by atoms with Crippen LogP contribution in [0.2, 0.25) is 8.45 Å². The molecule has 0 saturated heterocycles. The molecule has 7 heteroatoms. The first-order chi connectivity index (χ1) is 19.4. The molecule has 0 atom stereocenters. The van der Waals surface area contributed by atoms with Gasteiger partial charge in [-0.3, -0.25) is 0 Å². The Bertz CT molecular complexity index is 1260. The van der Waals surface area contributed by atoms with Crippen molar-refractivity contribution in [3.63, 3.8) is 0 Å². The van der Waals surface area contributed by atoms with E-state index in [1.165, 1.54) is 24.3 Å². The Balaban J connectivity index is 2.01. The topological polar surface area (TPSA) is 24.1 Å². The van der Waals surface area contributed by atoms with Gasteiger partial charge in [0.2, 0.25) is 0 Å². The average molecular weight is 603 g/mol. The van der Waals surface area contributed by atoms with Gasteiger partial charge in [0.15, 0.2) is 0 Å². The fraction of sp³-hybridized carbons (Fsp3) is 0.412. The summed E-state index contributed by atoms with van der Waals surface area (Å²) in [4.78, 5) is 0. The standard InChI is InChI=1S/2C12H16F2N.2C5H5.Ti/c2*1-4-12(2,3)8-15-11-6-5-9(13)7-10(11)14;2*1-2-4-5-3-1;/h2*5-6,15H,4,8H2,1-3H3;2*1-5H;. The summed E-state index contributed by atoms with van der Waals surface area (Å²) in [6.45, 7) is 13.3. The third-order valence-corrected chi connectivity index (χ3v) is 17.5. The van der Waals surface area contributed by atoms with Crippen LogP contribution in [0, 0.1) is 34.1 Å². The molecule has 220 valence electrons. The van der Waals surface area contributed by atoms with E-state index >= 15 is 17.6 Å². The third-order valence-electron chi connectivity index (χ3n) is 8.99. The molecule has 2 aromatic carbocycles. The van der Waals surface area contributed by atoms with Crippen LogP contribution in [-0.2, 0) is 16.6 Å². The Morgan fingerprint density at radius 3 is 1.27 bits per heavy atom. The van der Waals surface area contributed by atoms with E-state index in [1.807, 2.05) is 24.3 Å². The van der Waals surface area contributed by atoms with E-state index in [9.17, 15) is 0 Å². The number of hydrogen-bond donors (Lipinski definition) is 2. The van der Waals surface area contributed by atoms with Crippen LogP contribution in [0.4, 0.5) is 28.9 Å². The third kappa shape index (κ3) is 6.15. The van der Waals surface area contributed by atoms with Gasteiger partial charge in [0.25, 0.3) is 0 Å². The number of hydrogen-bond acceptors (Lipinski definition) is 2. The Kier molecular flexibility index (Phi) is 9.45. The van der Waals surface area contributed by atoms with Crippen LogP contribution in [0.3, 0.4) is 0 Å². The number of rotatable bonds is 12. The predicted molar refractivity (Wildman–Crippen MR) is 161 cm³/mol. The van der Waals surface area contributed by atoms with Crippen LogP contribution < -0.4 is 18.4 Å². The van der Waals surface area contributed by atoms with Crippen LogP contribution in [0.5, 0.6) is 0 Å². The Labute approximate surface area is 246 Å². The number of nitrogens with one attached hydrogen (secondary N) is 2. The summed E-state index contributed by atoms with van der Waals surface area (Å²) in [5.74, 6) is -3.06. The minimum absolute atomic E-state index is 0.127. The zero-order valence-corrected chi connectivity index (χ0v) is 26.5. The predicted octanol–water partition coefficient (Wildman–Crippen LogP) is 8.87. The van der Waals surface area contributed by atoms with Gasteiger partial charge in [-0.1, -0.05) is 0 Å². The number of halogens is 4. The molecular formula is C34H42F4N2Ti. The number of benzene rings is 2. The normalized spacial score (nSPS) is 15.9. The average Bonchev–Trinajstić information content (AvgIpc) is 3.67. The molecule has 0 fully saturated rings.